The summed E-state index contributed by atoms with van der Waals surface area (Å²) in [5.41, 5.74) is 6.35. The molecular formula is C13H20BrNOS. The first-order chi connectivity index (χ1) is 8.18. The minimum atomic E-state index is -0.0712. The summed E-state index contributed by atoms with van der Waals surface area (Å²) in [5.74, 6) is 0. The van der Waals surface area contributed by atoms with E-state index in [1.54, 1.807) is 11.3 Å². The Balaban J connectivity index is 2.07. The summed E-state index contributed by atoms with van der Waals surface area (Å²) in [6.45, 7) is 2.83. The first-order valence-electron chi connectivity index (χ1n) is 6.29. The Labute approximate surface area is 116 Å². The van der Waals surface area contributed by atoms with E-state index in [9.17, 15) is 0 Å². The van der Waals surface area contributed by atoms with Gasteiger partial charge in [-0.3, -0.25) is 0 Å². The third kappa shape index (κ3) is 2.92. The van der Waals surface area contributed by atoms with Crippen LogP contribution in [0.3, 0.4) is 0 Å². The van der Waals surface area contributed by atoms with E-state index < -0.39 is 0 Å². The van der Waals surface area contributed by atoms with E-state index >= 15 is 0 Å². The van der Waals surface area contributed by atoms with Crippen molar-refractivity contribution in [1.82, 2.24) is 0 Å². The van der Waals surface area contributed by atoms with E-state index in [2.05, 4.69) is 34.3 Å². The molecule has 2 nitrogen and oxygen atoms in total. The number of nitrogens with two attached hydrogens (primary N) is 1. The second-order valence-corrected chi connectivity index (χ2v) is 6.56. The average molecular weight is 318 g/mol. The van der Waals surface area contributed by atoms with Crippen molar-refractivity contribution in [3.05, 3.63) is 20.8 Å². The Bertz CT molecular complexity index is 360. The Morgan fingerprint density at radius 2 is 2.24 bits per heavy atom. The molecule has 1 fully saturated rings. The van der Waals surface area contributed by atoms with Crippen molar-refractivity contribution < 1.29 is 4.74 Å². The molecule has 0 aliphatic heterocycles. The van der Waals surface area contributed by atoms with Gasteiger partial charge in [0.25, 0.3) is 0 Å². The largest absolute Gasteiger partial charge is 0.374 e. The molecule has 96 valence electrons. The van der Waals surface area contributed by atoms with Crippen LogP contribution in [-0.4, -0.2) is 18.2 Å². The molecule has 1 aliphatic rings. The third-order valence-electron chi connectivity index (χ3n) is 3.65. The van der Waals surface area contributed by atoms with Crippen molar-refractivity contribution in [2.45, 2.75) is 50.7 Å². The molecule has 0 aromatic carbocycles. The Kier molecular flexibility index (Phi) is 4.64. The molecular weight excluding hydrogens is 298 g/mol. The number of hydrogen-bond acceptors (Lipinski definition) is 3. The standard InChI is InChI=1S/C13H20BrNOS/c1-2-16-13(6-3-4-7-13)12(15)9-11-10(14)5-8-17-11/h5,8,12H,2-4,6-7,9,15H2,1H3. The highest BCUT2D eigenvalue weighted by molar-refractivity contribution is 9.10. The molecule has 1 unspecified atom stereocenters. The van der Waals surface area contributed by atoms with Gasteiger partial charge in [0.15, 0.2) is 0 Å². The van der Waals surface area contributed by atoms with Crippen LogP contribution in [0.15, 0.2) is 15.9 Å². The SMILES string of the molecule is CCOC1(C(N)Cc2sccc2Br)CCCC1. The predicted octanol–water partition coefficient (Wildman–Crippen LogP) is 3.73. The van der Waals surface area contributed by atoms with Crippen molar-refractivity contribution in [2.75, 3.05) is 6.61 Å². The lowest BCUT2D eigenvalue weighted by Gasteiger charge is -2.35. The molecule has 1 aromatic rings. The molecule has 0 saturated heterocycles. The van der Waals surface area contributed by atoms with E-state index in [4.69, 9.17) is 10.5 Å². The van der Waals surface area contributed by atoms with Crippen LogP contribution in [0.5, 0.6) is 0 Å². The molecule has 1 aromatic heterocycles. The normalized spacial score (nSPS) is 20.6. The smallest absolute Gasteiger partial charge is 0.0836 e. The first kappa shape index (κ1) is 13.5. The van der Waals surface area contributed by atoms with Gasteiger partial charge in [0.05, 0.1) is 5.60 Å². The lowest BCUT2D eigenvalue weighted by Crippen LogP contribution is -2.49. The fourth-order valence-electron chi connectivity index (χ4n) is 2.74. The molecule has 2 rings (SSSR count). The highest BCUT2D eigenvalue weighted by Crippen LogP contribution is 2.37. The maximum absolute atomic E-state index is 6.42. The van der Waals surface area contributed by atoms with E-state index in [1.807, 2.05) is 0 Å². The van der Waals surface area contributed by atoms with Crippen molar-refractivity contribution in [3.63, 3.8) is 0 Å². The molecule has 0 amide bonds. The quantitative estimate of drug-likeness (QED) is 0.898. The third-order valence-corrected chi connectivity index (χ3v) is 5.60. The Morgan fingerprint density at radius 3 is 2.76 bits per heavy atom. The first-order valence-corrected chi connectivity index (χ1v) is 7.96. The summed E-state index contributed by atoms with van der Waals surface area (Å²) in [4.78, 5) is 1.34. The van der Waals surface area contributed by atoms with Crippen molar-refractivity contribution in [3.8, 4) is 0 Å². The van der Waals surface area contributed by atoms with E-state index in [0.717, 1.165) is 25.9 Å². The Hall–Kier alpha value is 0.100. The molecule has 0 bridgehead atoms. The van der Waals surface area contributed by atoms with E-state index in [0.29, 0.717) is 0 Å². The maximum Gasteiger partial charge on any atom is 0.0836 e. The monoisotopic (exact) mass is 317 g/mol. The van der Waals surface area contributed by atoms with Crippen LogP contribution >= 0.6 is 27.3 Å². The van der Waals surface area contributed by atoms with E-state index in [-0.39, 0.29) is 11.6 Å². The van der Waals surface area contributed by atoms with E-state index in [1.165, 1.54) is 22.2 Å². The molecule has 2 N–H and O–H groups in total. The van der Waals surface area contributed by atoms with Gasteiger partial charge in [0.2, 0.25) is 0 Å². The van der Waals surface area contributed by atoms with Gasteiger partial charge in [-0.25, -0.2) is 0 Å². The average Bonchev–Trinajstić information content (AvgIpc) is 2.91. The number of halogens is 1. The van der Waals surface area contributed by atoms with Crippen LogP contribution in [0.2, 0.25) is 0 Å². The second-order valence-electron chi connectivity index (χ2n) is 4.71. The zero-order valence-electron chi connectivity index (χ0n) is 10.2. The van der Waals surface area contributed by atoms with Crippen LogP contribution in [0, 0.1) is 0 Å². The lowest BCUT2D eigenvalue weighted by atomic mass is 9.90. The summed E-state index contributed by atoms with van der Waals surface area (Å²) in [7, 11) is 0. The van der Waals surface area contributed by atoms with Crippen LogP contribution in [0.1, 0.15) is 37.5 Å². The number of ether oxygens (including phenoxy) is 1. The molecule has 1 saturated carbocycles. The molecule has 17 heavy (non-hydrogen) atoms. The van der Waals surface area contributed by atoms with Crippen LogP contribution in [0.25, 0.3) is 0 Å². The van der Waals surface area contributed by atoms with Crippen molar-refractivity contribution >= 4 is 27.3 Å². The summed E-state index contributed by atoms with van der Waals surface area (Å²) < 4.78 is 7.19. The van der Waals surface area contributed by atoms with Crippen molar-refractivity contribution in [2.24, 2.45) is 5.73 Å². The molecule has 1 aliphatic carbocycles. The van der Waals surface area contributed by atoms with Gasteiger partial charge in [-0.05, 0) is 47.1 Å². The molecule has 1 atom stereocenters. The fraction of sp³-hybridized carbons (Fsp3) is 0.692. The van der Waals surface area contributed by atoms with Crippen LogP contribution in [-0.2, 0) is 11.2 Å². The summed E-state index contributed by atoms with van der Waals surface area (Å²) in [6.07, 6.45) is 5.65. The maximum atomic E-state index is 6.42. The topological polar surface area (TPSA) is 35.2 Å². The summed E-state index contributed by atoms with van der Waals surface area (Å²) in [5, 5.41) is 2.11. The summed E-state index contributed by atoms with van der Waals surface area (Å²) in [6, 6.07) is 2.20. The minimum absolute atomic E-state index is 0.0712. The molecule has 1 heterocycles. The molecule has 0 spiro atoms. The van der Waals surface area contributed by atoms with Gasteiger partial charge in [-0.2, -0.15) is 0 Å². The number of hydrogen-bond donors (Lipinski definition) is 1. The highest BCUT2D eigenvalue weighted by atomic mass is 79.9. The van der Waals surface area contributed by atoms with Gasteiger partial charge in [0.1, 0.15) is 0 Å². The van der Waals surface area contributed by atoms with Gasteiger partial charge in [-0.1, -0.05) is 12.8 Å². The molecule has 0 radical (unpaired) electrons. The second kappa shape index (κ2) is 5.83. The van der Waals surface area contributed by atoms with Gasteiger partial charge in [0, 0.05) is 28.4 Å². The number of rotatable bonds is 5. The Morgan fingerprint density at radius 1 is 1.53 bits per heavy atom. The zero-order valence-corrected chi connectivity index (χ0v) is 12.6. The zero-order chi connectivity index (χ0) is 12.3. The van der Waals surface area contributed by atoms with Crippen LogP contribution in [0.4, 0.5) is 0 Å². The van der Waals surface area contributed by atoms with Gasteiger partial charge >= 0.3 is 0 Å². The van der Waals surface area contributed by atoms with Gasteiger partial charge in [-0.15, -0.1) is 11.3 Å². The predicted molar refractivity (Wildman–Crippen MR) is 76.5 cm³/mol. The number of thiophene rings is 1. The highest BCUT2D eigenvalue weighted by Gasteiger charge is 2.40. The molecule has 4 heteroatoms. The van der Waals surface area contributed by atoms with Crippen LogP contribution < -0.4 is 5.73 Å². The van der Waals surface area contributed by atoms with Gasteiger partial charge < -0.3 is 10.5 Å². The fourth-order valence-corrected chi connectivity index (χ4v) is 4.31. The minimum Gasteiger partial charge on any atom is -0.374 e. The van der Waals surface area contributed by atoms with Crippen molar-refractivity contribution in [1.29, 1.82) is 0 Å². The lowest BCUT2D eigenvalue weighted by molar-refractivity contribution is -0.0523. The summed E-state index contributed by atoms with van der Waals surface area (Å²) >= 11 is 5.35.